The van der Waals surface area contributed by atoms with E-state index in [9.17, 15) is 9.59 Å². The highest BCUT2D eigenvalue weighted by molar-refractivity contribution is 5.78. The number of carbonyl (C=O) groups excluding carboxylic acids is 2. The number of amides is 3. The third-order valence-electron chi connectivity index (χ3n) is 2.76. The molecule has 1 rings (SSSR count). The van der Waals surface area contributed by atoms with E-state index in [1.807, 2.05) is 13.8 Å². The number of urea groups is 1. The van der Waals surface area contributed by atoms with E-state index in [-0.39, 0.29) is 44.3 Å². The Morgan fingerprint density at radius 2 is 2.36 bits per heavy atom. The Kier molecular flexibility index (Phi) is 7.39. The van der Waals surface area contributed by atoms with Gasteiger partial charge in [-0.05, 0) is 13.8 Å². The summed E-state index contributed by atoms with van der Waals surface area (Å²) in [6, 6.07) is -0.268. The summed E-state index contributed by atoms with van der Waals surface area (Å²) in [4.78, 5) is 24.5. The van der Waals surface area contributed by atoms with Gasteiger partial charge in [-0.25, -0.2) is 4.79 Å². The Morgan fingerprint density at radius 1 is 1.64 bits per heavy atom. The topological polar surface area (TPSA) is 117 Å². The molecule has 0 aromatic rings. The zero-order chi connectivity index (χ0) is 16.5. The van der Waals surface area contributed by atoms with Gasteiger partial charge >= 0.3 is 6.03 Å². The molecule has 8 nitrogen and oxygen atoms in total. The van der Waals surface area contributed by atoms with E-state index in [2.05, 4.69) is 22.5 Å². The predicted octanol–water partition coefficient (Wildman–Crippen LogP) is -1.28. The van der Waals surface area contributed by atoms with Crippen LogP contribution in [-0.2, 0) is 9.53 Å². The van der Waals surface area contributed by atoms with Crippen LogP contribution in [0, 0.1) is 11.8 Å². The van der Waals surface area contributed by atoms with Gasteiger partial charge in [-0.1, -0.05) is 11.8 Å². The van der Waals surface area contributed by atoms with E-state index in [4.69, 9.17) is 15.6 Å². The van der Waals surface area contributed by atoms with Gasteiger partial charge in [0.15, 0.2) is 0 Å². The van der Waals surface area contributed by atoms with Crippen LogP contribution in [-0.4, -0.2) is 60.5 Å². The fourth-order valence-corrected chi connectivity index (χ4v) is 1.64. The van der Waals surface area contributed by atoms with Gasteiger partial charge in [0, 0.05) is 12.2 Å². The number of hydrogen-bond donors (Lipinski definition) is 4. The molecule has 22 heavy (non-hydrogen) atoms. The standard InChI is InChI=1S/C14H22N4O4/c1-10(2)18-8-11(13(15)17-14(18)21)4-3-5-16-12(20)9-22-7-6-19/h8,10,13,19H,5-7,9,15H2,1-2H3,(H,16,20)(H,17,21). The predicted molar refractivity (Wildman–Crippen MR) is 80.3 cm³/mol. The maximum atomic E-state index is 11.7. The highest BCUT2D eigenvalue weighted by Gasteiger charge is 2.24. The Hall–Kier alpha value is -2.08. The summed E-state index contributed by atoms with van der Waals surface area (Å²) in [7, 11) is 0. The largest absolute Gasteiger partial charge is 0.394 e. The number of hydrogen-bond acceptors (Lipinski definition) is 5. The molecule has 0 saturated carbocycles. The molecular weight excluding hydrogens is 288 g/mol. The van der Waals surface area contributed by atoms with Crippen molar-refractivity contribution >= 4 is 11.9 Å². The molecule has 1 unspecified atom stereocenters. The first-order valence-electron chi connectivity index (χ1n) is 6.96. The summed E-state index contributed by atoms with van der Waals surface area (Å²) >= 11 is 0. The average Bonchev–Trinajstić information content (AvgIpc) is 2.45. The van der Waals surface area contributed by atoms with Crippen LogP contribution in [0.5, 0.6) is 0 Å². The summed E-state index contributed by atoms with van der Waals surface area (Å²) in [6.45, 7) is 3.76. The minimum atomic E-state index is -0.654. The van der Waals surface area contributed by atoms with Gasteiger partial charge in [0.1, 0.15) is 12.8 Å². The lowest BCUT2D eigenvalue weighted by Crippen LogP contribution is -2.53. The lowest BCUT2D eigenvalue weighted by molar-refractivity contribution is -0.125. The minimum Gasteiger partial charge on any atom is -0.394 e. The first-order chi connectivity index (χ1) is 10.5. The first kappa shape index (κ1) is 18.0. The molecule has 0 spiro atoms. The van der Waals surface area contributed by atoms with Crippen molar-refractivity contribution in [2.24, 2.45) is 5.73 Å². The summed E-state index contributed by atoms with van der Waals surface area (Å²) < 4.78 is 4.87. The van der Waals surface area contributed by atoms with E-state index in [1.54, 1.807) is 6.20 Å². The van der Waals surface area contributed by atoms with Gasteiger partial charge in [-0.3, -0.25) is 9.69 Å². The quantitative estimate of drug-likeness (QED) is 0.360. The molecule has 0 saturated heterocycles. The Bertz CT molecular complexity index is 493. The molecule has 1 atom stereocenters. The van der Waals surface area contributed by atoms with Crippen molar-refractivity contribution < 1.29 is 19.4 Å². The summed E-state index contributed by atoms with van der Waals surface area (Å²) in [5, 5.41) is 13.7. The third-order valence-corrected chi connectivity index (χ3v) is 2.76. The average molecular weight is 310 g/mol. The molecule has 1 aliphatic rings. The Labute approximate surface area is 129 Å². The number of nitrogens with one attached hydrogen (secondary N) is 2. The minimum absolute atomic E-state index is 0.00678. The van der Waals surface area contributed by atoms with Gasteiger partial charge in [0.25, 0.3) is 0 Å². The second-order valence-corrected chi connectivity index (χ2v) is 4.87. The van der Waals surface area contributed by atoms with Crippen molar-refractivity contribution in [3.63, 3.8) is 0 Å². The van der Waals surface area contributed by atoms with Gasteiger partial charge in [0.2, 0.25) is 5.91 Å². The van der Waals surface area contributed by atoms with Crippen LogP contribution < -0.4 is 16.4 Å². The lowest BCUT2D eigenvalue weighted by Gasteiger charge is -2.30. The number of aliphatic hydroxyl groups excluding tert-OH is 1. The number of carbonyl (C=O) groups is 2. The maximum Gasteiger partial charge on any atom is 0.323 e. The lowest BCUT2D eigenvalue weighted by atomic mass is 10.2. The van der Waals surface area contributed by atoms with Crippen LogP contribution >= 0.6 is 0 Å². The molecule has 1 aliphatic heterocycles. The molecule has 3 amide bonds. The second kappa shape index (κ2) is 9.04. The SMILES string of the molecule is CC(C)N1C=C(C#CCNC(=O)COCCO)C(N)NC1=O. The monoisotopic (exact) mass is 310 g/mol. The summed E-state index contributed by atoms with van der Waals surface area (Å²) in [5.41, 5.74) is 6.36. The Balaban J connectivity index is 2.50. The second-order valence-electron chi connectivity index (χ2n) is 4.87. The van der Waals surface area contributed by atoms with Gasteiger partial charge in [0.05, 0.1) is 25.3 Å². The highest BCUT2D eigenvalue weighted by Crippen LogP contribution is 2.10. The van der Waals surface area contributed by atoms with E-state index in [0.29, 0.717) is 5.57 Å². The van der Waals surface area contributed by atoms with Crippen LogP contribution in [0.15, 0.2) is 11.8 Å². The summed E-state index contributed by atoms with van der Waals surface area (Å²) in [5.74, 6) is 5.28. The van der Waals surface area contributed by atoms with Gasteiger partial charge in [-0.15, -0.1) is 0 Å². The molecule has 0 aromatic carbocycles. The number of ether oxygens (including phenoxy) is 1. The van der Waals surface area contributed by atoms with E-state index in [0.717, 1.165) is 0 Å². The number of rotatable bonds is 6. The van der Waals surface area contributed by atoms with E-state index >= 15 is 0 Å². The molecular formula is C14H22N4O4. The number of nitrogens with zero attached hydrogens (tertiary/aromatic N) is 1. The number of nitrogens with two attached hydrogens (primary N) is 1. The number of aliphatic hydroxyl groups is 1. The van der Waals surface area contributed by atoms with Crippen molar-refractivity contribution in [1.82, 2.24) is 15.5 Å². The molecule has 8 heteroatoms. The molecule has 5 N–H and O–H groups in total. The molecule has 0 aromatic heterocycles. The van der Waals surface area contributed by atoms with E-state index < -0.39 is 6.17 Å². The zero-order valence-electron chi connectivity index (χ0n) is 12.8. The van der Waals surface area contributed by atoms with Gasteiger partial charge < -0.3 is 26.2 Å². The smallest absolute Gasteiger partial charge is 0.323 e. The van der Waals surface area contributed by atoms with Crippen LogP contribution in [0.2, 0.25) is 0 Å². The van der Waals surface area contributed by atoms with Crippen LogP contribution in [0.25, 0.3) is 0 Å². The normalized spacial score (nSPS) is 17.5. The van der Waals surface area contributed by atoms with Crippen molar-refractivity contribution in [2.75, 3.05) is 26.4 Å². The maximum absolute atomic E-state index is 11.7. The summed E-state index contributed by atoms with van der Waals surface area (Å²) in [6.07, 6.45) is 0.964. The van der Waals surface area contributed by atoms with Crippen molar-refractivity contribution in [3.05, 3.63) is 11.8 Å². The molecule has 0 aliphatic carbocycles. The molecule has 0 radical (unpaired) electrons. The van der Waals surface area contributed by atoms with Crippen molar-refractivity contribution in [3.8, 4) is 11.8 Å². The molecule has 0 bridgehead atoms. The van der Waals surface area contributed by atoms with Crippen LogP contribution in [0.3, 0.4) is 0 Å². The van der Waals surface area contributed by atoms with Crippen LogP contribution in [0.4, 0.5) is 4.79 Å². The van der Waals surface area contributed by atoms with Crippen molar-refractivity contribution in [1.29, 1.82) is 0 Å². The Morgan fingerprint density at radius 3 is 3.00 bits per heavy atom. The molecule has 1 heterocycles. The molecule has 122 valence electrons. The molecule has 0 fully saturated rings. The highest BCUT2D eigenvalue weighted by atomic mass is 16.5. The van der Waals surface area contributed by atoms with Gasteiger partial charge in [-0.2, -0.15) is 0 Å². The zero-order valence-corrected chi connectivity index (χ0v) is 12.8. The first-order valence-corrected chi connectivity index (χ1v) is 6.96. The van der Waals surface area contributed by atoms with Crippen LogP contribution in [0.1, 0.15) is 13.8 Å². The van der Waals surface area contributed by atoms with E-state index in [1.165, 1.54) is 4.90 Å². The van der Waals surface area contributed by atoms with Crippen molar-refractivity contribution in [2.45, 2.75) is 26.1 Å². The third kappa shape index (κ3) is 5.73. The fourth-order valence-electron chi connectivity index (χ4n) is 1.64. The fraction of sp³-hybridized carbons (Fsp3) is 0.571.